The highest BCUT2D eigenvalue weighted by atomic mass is 32.2. The Morgan fingerprint density at radius 1 is 1.23 bits per heavy atom. The van der Waals surface area contributed by atoms with Gasteiger partial charge in [-0.3, -0.25) is 14.9 Å². The summed E-state index contributed by atoms with van der Waals surface area (Å²) in [6, 6.07) is 10.8. The predicted molar refractivity (Wildman–Crippen MR) is 103 cm³/mol. The lowest BCUT2D eigenvalue weighted by molar-refractivity contribution is -0.122. The van der Waals surface area contributed by atoms with Crippen molar-refractivity contribution in [3.8, 4) is 0 Å². The van der Waals surface area contributed by atoms with Crippen LogP contribution in [0.25, 0.3) is 0 Å². The molecule has 6 nitrogen and oxygen atoms in total. The number of rotatable bonds is 7. The number of imide groups is 1. The van der Waals surface area contributed by atoms with E-state index in [0.29, 0.717) is 17.9 Å². The summed E-state index contributed by atoms with van der Waals surface area (Å²) in [6.07, 6.45) is 0.795. The van der Waals surface area contributed by atoms with Crippen LogP contribution in [-0.2, 0) is 11.2 Å². The Morgan fingerprint density at radius 3 is 2.73 bits per heavy atom. The van der Waals surface area contributed by atoms with E-state index in [4.69, 9.17) is 0 Å². The molecule has 26 heavy (non-hydrogen) atoms. The van der Waals surface area contributed by atoms with Crippen molar-refractivity contribution in [2.75, 3.05) is 12.3 Å². The average Bonchev–Trinajstić information content (AvgIpc) is 3.21. The molecule has 0 spiro atoms. The number of urea groups is 1. The van der Waals surface area contributed by atoms with Crippen LogP contribution < -0.4 is 16.0 Å². The topological polar surface area (TPSA) is 87.3 Å². The van der Waals surface area contributed by atoms with Crippen LogP contribution >= 0.6 is 23.1 Å². The first-order valence-corrected chi connectivity index (χ1v) is 10.0. The number of benzene rings is 1. The van der Waals surface area contributed by atoms with E-state index in [1.165, 1.54) is 16.6 Å². The van der Waals surface area contributed by atoms with Crippen LogP contribution in [0, 0.1) is 0 Å². The molecule has 3 rings (SSSR count). The standard InChI is InChI=1S/C18H19N3O3S2/c1-18(16(23)20-17(24)21-18)11-26-14-7-3-2-6-13(14)15(22)19-9-8-12-5-4-10-25-12/h2-7,10H,8-9,11H2,1H3,(H,19,22)(H2,20,21,23,24)/t18-/m1/s1. The monoisotopic (exact) mass is 389 g/mol. The molecule has 0 bridgehead atoms. The molecule has 2 aromatic rings. The number of carbonyl (C=O) groups is 3. The van der Waals surface area contributed by atoms with E-state index in [1.807, 2.05) is 35.7 Å². The van der Waals surface area contributed by atoms with Crippen molar-refractivity contribution in [3.05, 3.63) is 52.2 Å². The van der Waals surface area contributed by atoms with Crippen molar-refractivity contribution in [1.29, 1.82) is 0 Å². The second-order valence-electron chi connectivity index (χ2n) is 6.11. The fourth-order valence-electron chi connectivity index (χ4n) is 2.53. The number of thiophene rings is 1. The van der Waals surface area contributed by atoms with E-state index in [-0.39, 0.29) is 11.8 Å². The second kappa shape index (κ2) is 7.92. The minimum atomic E-state index is -0.982. The normalized spacial score (nSPS) is 19.1. The molecule has 0 aliphatic carbocycles. The first-order valence-electron chi connectivity index (χ1n) is 8.14. The van der Waals surface area contributed by atoms with Gasteiger partial charge in [0.05, 0.1) is 5.56 Å². The summed E-state index contributed by atoms with van der Waals surface area (Å²) >= 11 is 3.04. The largest absolute Gasteiger partial charge is 0.352 e. The highest BCUT2D eigenvalue weighted by molar-refractivity contribution is 7.99. The molecule has 4 amide bonds. The van der Waals surface area contributed by atoms with Gasteiger partial charge in [0.25, 0.3) is 11.8 Å². The van der Waals surface area contributed by atoms with E-state index in [2.05, 4.69) is 16.0 Å². The maximum absolute atomic E-state index is 12.5. The zero-order chi connectivity index (χ0) is 18.6. The summed E-state index contributed by atoms with van der Waals surface area (Å²) < 4.78 is 0. The van der Waals surface area contributed by atoms with Gasteiger partial charge in [-0.2, -0.15) is 0 Å². The van der Waals surface area contributed by atoms with Crippen LogP contribution in [0.1, 0.15) is 22.2 Å². The van der Waals surface area contributed by atoms with Crippen LogP contribution in [0.5, 0.6) is 0 Å². The van der Waals surface area contributed by atoms with Gasteiger partial charge in [-0.05, 0) is 36.9 Å². The zero-order valence-corrected chi connectivity index (χ0v) is 15.8. The van der Waals surface area contributed by atoms with Crippen LogP contribution in [0.4, 0.5) is 4.79 Å². The number of hydrogen-bond acceptors (Lipinski definition) is 5. The lowest BCUT2D eigenvalue weighted by atomic mass is 10.1. The van der Waals surface area contributed by atoms with E-state index in [0.717, 1.165) is 11.3 Å². The Bertz CT molecular complexity index is 823. The molecule has 1 aliphatic rings. The summed E-state index contributed by atoms with van der Waals surface area (Å²) in [5.41, 5.74) is -0.415. The van der Waals surface area contributed by atoms with Gasteiger partial charge >= 0.3 is 6.03 Å². The molecule has 136 valence electrons. The van der Waals surface area contributed by atoms with E-state index in [9.17, 15) is 14.4 Å². The Kier molecular flexibility index (Phi) is 5.63. The fraction of sp³-hybridized carbons (Fsp3) is 0.278. The molecule has 0 saturated carbocycles. The van der Waals surface area contributed by atoms with Gasteiger partial charge in [-0.15, -0.1) is 23.1 Å². The SMILES string of the molecule is C[C@]1(CSc2ccccc2C(=O)NCCc2cccs2)NC(=O)NC1=O. The Morgan fingerprint density at radius 2 is 2.04 bits per heavy atom. The third kappa shape index (κ3) is 4.25. The lowest BCUT2D eigenvalue weighted by Crippen LogP contribution is -2.46. The summed E-state index contributed by atoms with van der Waals surface area (Å²) in [7, 11) is 0. The van der Waals surface area contributed by atoms with Crippen LogP contribution in [0.3, 0.4) is 0 Å². The quantitative estimate of drug-likeness (QED) is 0.501. The maximum atomic E-state index is 12.5. The van der Waals surface area contributed by atoms with Gasteiger partial charge in [0.1, 0.15) is 5.54 Å². The smallest absolute Gasteiger partial charge is 0.322 e. The number of carbonyl (C=O) groups excluding carboxylic acids is 3. The predicted octanol–water partition coefficient (Wildman–Crippen LogP) is 2.41. The summed E-state index contributed by atoms with van der Waals surface area (Å²) in [6.45, 7) is 2.23. The molecule has 1 fully saturated rings. The molecule has 1 saturated heterocycles. The highest BCUT2D eigenvalue weighted by Crippen LogP contribution is 2.27. The molecule has 3 N–H and O–H groups in total. The Hall–Kier alpha value is -2.32. The number of amides is 4. The summed E-state index contributed by atoms with van der Waals surface area (Å²) in [5, 5.41) is 9.82. The summed E-state index contributed by atoms with van der Waals surface area (Å²) in [5.74, 6) is -0.160. The van der Waals surface area contributed by atoms with Crippen LogP contribution in [-0.4, -0.2) is 35.7 Å². The minimum Gasteiger partial charge on any atom is -0.352 e. The van der Waals surface area contributed by atoms with Gasteiger partial charge in [-0.25, -0.2) is 4.79 Å². The average molecular weight is 390 g/mol. The Labute approximate surface area is 159 Å². The van der Waals surface area contributed by atoms with Gasteiger partial charge in [0, 0.05) is 22.1 Å². The van der Waals surface area contributed by atoms with Gasteiger partial charge in [-0.1, -0.05) is 18.2 Å². The van der Waals surface area contributed by atoms with Crippen molar-refractivity contribution in [1.82, 2.24) is 16.0 Å². The van der Waals surface area contributed by atoms with Crippen molar-refractivity contribution in [2.24, 2.45) is 0 Å². The molecule has 0 radical (unpaired) electrons. The van der Waals surface area contributed by atoms with Gasteiger partial charge < -0.3 is 10.6 Å². The molecule has 2 heterocycles. The molecule has 8 heteroatoms. The van der Waals surface area contributed by atoms with Crippen molar-refractivity contribution in [3.63, 3.8) is 0 Å². The minimum absolute atomic E-state index is 0.144. The van der Waals surface area contributed by atoms with Gasteiger partial charge in [0.15, 0.2) is 0 Å². The molecule has 1 atom stereocenters. The second-order valence-corrected chi connectivity index (χ2v) is 8.16. The summed E-state index contributed by atoms with van der Waals surface area (Å²) in [4.78, 5) is 37.8. The Balaban J connectivity index is 1.61. The molecule has 1 aromatic carbocycles. The van der Waals surface area contributed by atoms with Crippen molar-refractivity contribution >= 4 is 40.9 Å². The molecule has 0 unspecified atom stereocenters. The van der Waals surface area contributed by atoms with Crippen molar-refractivity contribution in [2.45, 2.75) is 23.8 Å². The molecular formula is C18H19N3O3S2. The number of thioether (sulfide) groups is 1. The molecule has 1 aliphatic heterocycles. The van der Waals surface area contributed by atoms with E-state index < -0.39 is 11.6 Å². The third-order valence-electron chi connectivity index (χ3n) is 4.00. The number of hydrogen-bond donors (Lipinski definition) is 3. The van der Waals surface area contributed by atoms with Crippen LogP contribution in [0.2, 0.25) is 0 Å². The van der Waals surface area contributed by atoms with Crippen molar-refractivity contribution < 1.29 is 14.4 Å². The maximum Gasteiger partial charge on any atom is 0.322 e. The zero-order valence-electron chi connectivity index (χ0n) is 14.2. The van der Waals surface area contributed by atoms with E-state index >= 15 is 0 Å². The molecule has 1 aromatic heterocycles. The van der Waals surface area contributed by atoms with E-state index in [1.54, 1.807) is 24.3 Å². The molecular weight excluding hydrogens is 370 g/mol. The first kappa shape index (κ1) is 18.5. The third-order valence-corrected chi connectivity index (χ3v) is 6.33. The number of nitrogens with one attached hydrogen (secondary N) is 3. The fourth-order valence-corrected chi connectivity index (χ4v) is 4.38. The first-order chi connectivity index (χ1) is 12.5. The van der Waals surface area contributed by atoms with Crippen LogP contribution in [0.15, 0.2) is 46.7 Å². The van der Waals surface area contributed by atoms with Gasteiger partial charge in [0.2, 0.25) is 0 Å². The lowest BCUT2D eigenvalue weighted by Gasteiger charge is -2.20. The highest BCUT2D eigenvalue weighted by Gasteiger charge is 2.41.